The second-order valence-corrected chi connectivity index (χ2v) is 4.73. The molecule has 0 amide bonds. The van der Waals surface area contributed by atoms with Gasteiger partial charge in [-0.05, 0) is 24.5 Å². The summed E-state index contributed by atoms with van der Waals surface area (Å²) >= 11 is 0. The smallest absolute Gasteiger partial charge is 0.0699 e. The highest BCUT2D eigenvalue weighted by molar-refractivity contribution is 5.42. The first-order valence-corrected chi connectivity index (χ1v) is 6.45. The highest BCUT2D eigenvalue weighted by atomic mass is 16.3. The van der Waals surface area contributed by atoms with Crippen molar-refractivity contribution in [1.82, 2.24) is 0 Å². The Balaban J connectivity index is 2.51. The molecule has 0 aliphatic rings. The summed E-state index contributed by atoms with van der Waals surface area (Å²) in [6, 6.07) is 19.4. The average molecular weight is 255 g/mol. The van der Waals surface area contributed by atoms with Crippen molar-refractivity contribution in [2.24, 2.45) is 0 Å². The van der Waals surface area contributed by atoms with Crippen LogP contribution in [0.5, 0.6) is 0 Å². The number of benzene rings is 2. The fourth-order valence-corrected chi connectivity index (χ4v) is 2.39. The maximum absolute atomic E-state index is 10.5. The molecule has 2 rings (SSSR count). The van der Waals surface area contributed by atoms with Gasteiger partial charge in [-0.3, -0.25) is 0 Å². The number of aliphatic hydroxyl groups is 2. The Morgan fingerprint density at radius 1 is 0.895 bits per heavy atom. The van der Waals surface area contributed by atoms with E-state index in [0.29, 0.717) is 6.42 Å². The molecule has 0 fully saturated rings. The van der Waals surface area contributed by atoms with Crippen LogP contribution in [0.1, 0.15) is 17.5 Å². The largest absolute Gasteiger partial charge is 0.396 e. The van der Waals surface area contributed by atoms with Gasteiger partial charge < -0.3 is 10.2 Å². The van der Waals surface area contributed by atoms with Gasteiger partial charge in [0.15, 0.2) is 0 Å². The predicted molar refractivity (Wildman–Crippen MR) is 76.7 cm³/mol. The van der Waals surface area contributed by atoms with E-state index in [4.69, 9.17) is 5.11 Å². The zero-order valence-electron chi connectivity index (χ0n) is 10.9. The lowest BCUT2D eigenvalue weighted by atomic mass is 9.71. The molecular formula is C17H19O2. The summed E-state index contributed by atoms with van der Waals surface area (Å²) < 4.78 is 0. The summed E-state index contributed by atoms with van der Waals surface area (Å²) in [4.78, 5) is 0. The van der Waals surface area contributed by atoms with Crippen LogP contribution in [0.3, 0.4) is 0 Å². The molecule has 0 aliphatic carbocycles. The molecule has 1 radical (unpaired) electrons. The van der Waals surface area contributed by atoms with E-state index in [0.717, 1.165) is 11.1 Å². The molecule has 2 aromatic rings. The molecule has 2 nitrogen and oxygen atoms in total. The second kappa shape index (κ2) is 6.00. The fourth-order valence-electron chi connectivity index (χ4n) is 2.39. The van der Waals surface area contributed by atoms with Crippen molar-refractivity contribution < 1.29 is 10.2 Å². The van der Waals surface area contributed by atoms with Crippen LogP contribution in [0.25, 0.3) is 0 Å². The first-order chi connectivity index (χ1) is 9.19. The molecule has 19 heavy (non-hydrogen) atoms. The van der Waals surface area contributed by atoms with Gasteiger partial charge in [-0.15, -0.1) is 0 Å². The molecule has 99 valence electrons. The van der Waals surface area contributed by atoms with Crippen LogP contribution in [0, 0.1) is 6.92 Å². The molecule has 2 heteroatoms. The van der Waals surface area contributed by atoms with Crippen molar-refractivity contribution in [1.29, 1.82) is 0 Å². The van der Waals surface area contributed by atoms with Crippen LogP contribution in [0.15, 0.2) is 60.7 Å². The summed E-state index contributed by atoms with van der Waals surface area (Å²) in [6.07, 6.45) is -0.435. The van der Waals surface area contributed by atoms with Crippen molar-refractivity contribution in [3.8, 4) is 0 Å². The molecule has 0 spiro atoms. The topological polar surface area (TPSA) is 40.5 Å². The molecule has 0 saturated carbocycles. The Hall–Kier alpha value is -1.64. The molecular weight excluding hydrogens is 236 g/mol. The van der Waals surface area contributed by atoms with Crippen LogP contribution < -0.4 is 0 Å². The predicted octanol–water partition coefficient (Wildman–Crippen LogP) is 2.55. The van der Waals surface area contributed by atoms with Crippen molar-refractivity contribution in [2.45, 2.75) is 17.9 Å². The van der Waals surface area contributed by atoms with E-state index in [1.807, 2.05) is 60.7 Å². The molecule has 0 saturated heterocycles. The van der Waals surface area contributed by atoms with E-state index >= 15 is 0 Å². The third kappa shape index (κ3) is 2.70. The fraction of sp³-hybridized carbons (Fsp3) is 0.235. The molecule has 1 unspecified atom stereocenters. The van der Waals surface area contributed by atoms with E-state index in [2.05, 4.69) is 6.92 Å². The van der Waals surface area contributed by atoms with Crippen LogP contribution in [-0.4, -0.2) is 22.9 Å². The normalized spacial score (nSPS) is 13.2. The number of rotatable bonds is 5. The van der Waals surface area contributed by atoms with Gasteiger partial charge in [-0.25, -0.2) is 0 Å². The Kier molecular flexibility index (Phi) is 4.35. The molecule has 0 heterocycles. The number of hydrogen-bond donors (Lipinski definition) is 2. The van der Waals surface area contributed by atoms with Gasteiger partial charge in [0.05, 0.1) is 6.10 Å². The lowest BCUT2D eigenvalue weighted by Gasteiger charge is -2.35. The van der Waals surface area contributed by atoms with E-state index in [1.165, 1.54) is 0 Å². The molecule has 1 atom stereocenters. The molecule has 0 bridgehead atoms. The average Bonchev–Trinajstić information content (AvgIpc) is 2.48. The van der Waals surface area contributed by atoms with Gasteiger partial charge in [-0.2, -0.15) is 0 Å². The van der Waals surface area contributed by atoms with Crippen LogP contribution in [-0.2, 0) is 5.41 Å². The number of aliphatic hydroxyl groups excluding tert-OH is 2. The number of hydrogen-bond acceptors (Lipinski definition) is 2. The van der Waals surface area contributed by atoms with Gasteiger partial charge in [0.25, 0.3) is 0 Å². The van der Waals surface area contributed by atoms with E-state index < -0.39 is 11.5 Å². The lowest BCUT2D eigenvalue weighted by Crippen LogP contribution is -2.38. The monoisotopic (exact) mass is 255 g/mol. The minimum absolute atomic E-state index is 0.0574. The zero-order chi connectivity index (χ0) is 13.7. The molecule has 0 aromatic heterocycles. The zero-order valence-corrected chi connectivity index (χ0v) is 10.9. The summed E-state index contributed by atoms with van der Waals surface area (Å²) in [7, 11) is 0. The third-order valence-corrected chi connectivity index (χ3v) is 3.55. The lowest BCUT2D eigenvalue weighted by molar-refractivity contribution is 0.0915. The van der Waals surface area contributed by atoms with Gasteiger partial charge >= 0.3 is 0 Å². The second-order valence-electron chi connectivity index (χ2n) is 4.73. The molecule has 0 aliphatic heterocycles. The van der Waals surface area contributed by atoms with E-state index in [9.17, 15) is 5.11 Å². The van der Waals surface area contributed by atoms with Gasteiger partial charge in [0, 0.05) is 12.0 Å². The van der Waals surface area contributed by atoms with Crippen molar-refractivity contribution in [3.63, 3.8) is 0 Å². The van der Waals surface area contributed by atoms with Crippen molar-refractivity contribution >= 4 is 0 Å². The maximum Gasteiger partial charge on any atom is 0.0699 e. The molecule has 2 aromatic carbocycles. The Labute approximate surface area is 114 Å². The first kappa shape index (κ1) is 13.8. The quantitative estimate of drug-likeness (QED) is 0.862. The Morgan fingerprint density at radius 3 is 1.68 bits per heavy atom. The minimum Gasteiger partial charge on any atom is -0.396 e. The van der Waals surface area contributed by atoms with Crippen molar-refractivity contribution in [2.75, 3.05) is 6.61 Å². The SMILES string of the molecule is [CH2]C(c1ccccc1)(c1ccccc1)C(O)CCO. The van der Waals surface area contributed by atoms with Gasteiger partial charge in [-0.1, -0.05) is 60.7 Å². The Bertz CT molecular complexity index is 454. The van der Waals surface area contributed by atoms with Gasteiger partial charge in [0.1, 0.15) is 0 Å². The summed E-state index contributed by atoms with van der Waals surface area (Å²) in [6.45, 7) is 4.21. The van der Waals surface area contributed by atoms with E-state index in [-0.39, 0.29) is 6.61 Å². The Morgan fingerprint density at radius 2 is 1.32 bits per heavy atom. The minimum atomic E-state index is -0.759. The highest BCUT2D eigenvalue weighted by Gasteiger charge is 2.36. The third-order valence-electron chi connectivity index (χ3n) is 3.55. The summed E-state index contributed by atoms with van der Waals surface area (Å²) in [5.74, 6) is 0. The first-order valence-electron chi connectivity index (χ1n) is 6.45. The van der Waals surface area contributed by atoms with Gasteiger partial charge in [0.2, 0.25) is 0 Å². The van der Waals surface area contributed by atoms with Crippen LogP contribution >= 0.6 is 0 Å². The van der Waals surface area contributed by atoms with Crippen LogP contribution in [0.2, 0.25) is 0 Å². The molecule has 2 N–H and O–H groups in total. The van der Waals surface area contributed by atoms with Crippen LogP contribution in [0.4, 0.5) is 0 Å². The van der Waals surface area contributed by atoms with Crippen molar-refractivity contribution in [3.05, 3.63) is 78.7 Å². The summed E-state index contributed by atoms with van der Waals surface area (Å²) in [5.41, 5.74) is 1.13. The summed E-state index contributed by atoms with van der Waals surface area (Å²) in [5, 5.41) is 19.6. The highest BCUT2D eigenvalue weighted by Crippen LogP contribution is 2.36. The van der Waals surface area contributed by atoms with E-state index in [1.54, 1.807) is 0 Å². The standard InChI is InChI=1S/C17H19O2/c1-17(16(19)12-13-18,14-8-4-2-5-9-14)15-10-6-3-7-11-15/h2-11,16,18-19H,1,12-13H2. The maximum atomic E-state index is 10.5.